The molecule has 0 bridgehead atoms. The van der Waals surface area contributed by atoms with Gasteiger partial charge in [0.25, 0.3) is 5.91 Å². The number of aromatic nitrogens is 1. The number of methoxy groups -OCH3 is 1. The molecule has 3 atom stereocenters. The third-order valence-electron chi connectivity index (χ3n) is 8.47. The fourth-order valence-corrected chi connectivity index (χ4v) is 6.56. The number of fused-ring (bicyclic) bond motifs is 3. The fourth-order valence-electron chi connectivity index (χ4n) is 6.56. The van der Waals surface area contributed by atoms with Crippen LogP contribution in [0.4, 0.5) is 0 Å². The molecule has 2 aliphatic heterocycles. The average molecular weight is 531 g/mol. The summed E-state index contributed by atoms with van der Waals surface area (Å²) in [5, 5.41) is 4.17. The molecule has 3 aromatic rings. The number of nitrogens with one attached hydrogen (secondary N) is 1. The van der Waals surface area contributed by atoms with Gasteiger partial charge in [-0.05, 0) is 68.3 Å². The highest BCUT2D eigenvalue weighted by molar-refractivity contribution is 6.03. The maximum absolute atomic E-state index is 14.0. The van der Waals surface area contributed by atoms with Gasteiger partial charge in [-0.3, -0.25) is 9.59 Å². The van der Waals surface area contributed by atoms with Crippen LogP contribution >= 0.6 is 0 Å². The van der Waals surface area contributed by atoms with Crippen LogP contribution in [0.5, 0.6) is 5.75 Å². The van der Waals surface area contributed by atoms with Gasteiger partial charge in [-0.25, -0.2) is 0 Å². The number of carbonyl (C=O) groups is 2. The molecular formula is C32H42N4O3. The third kappa shape index (κ3) is 5.69. The van der Waals surface area contributed by atoms with Crippen LogP contribution in [0.1, 0.15) is 49.7 Å². The first-order valence-corrected chi connectivity index (χ1v) is 14.3. The maximum Gasteiger partial charge on any atom is 0.271 e. The number of hydrogen-bond donors (Lipinski definition) is 1. The summed E-state index contributed by atoms with van der Waals surface area (Å²) >= 11 is 0. The Bertz CT molecular complexity index is 1310. The Morgan fingerprint density at radius 1 is 1.05 bits per heavy atom. The summed E-state index contributed by atoms with van der Waals surface area (Å²) in [4.78, 5) is 32.2. The van der Waals surface area contributed by atoms with Crippen molar-refractivity contribution in [3.05, 3.63) is 65.9 Å². The molecule has 7 heteroatoms. The smallest absolute Gasteiger partial charge is 0.271 e. The lowest BCUT2D eigenvalue weighted by atomic mass is 9.92. The molecule has 1 aromatic heterocycles. The van der Waals surface area contributed by atoms with Crippen LogP contribution in [0.25, 0.3) is 10.9 Å². The molecule has 0 aliphatic carbocycles. The molecule has 0 spiro atoms. The van der Waals surface area contributed by atoms with Crippen molar-refractivity contribution in [2.24, 2.45) is 11.8 Å². The Morgan fingerprint density at radius 3 is 2.51 bits per heavy atom. The summed E-state index contributed by atoms with van der Waals surface area (Å²) in [7, 11) is 1.64. The number of amides is 2. The zero-order chi connectivity index (χ0) is 27.6. The minimum atomic E-state index is -1.01. The minimum Gasteiger partial charge on any atom is -0.497 e. The van der Waals surface area contributed by atoms with Gasteiger partial charge in [0.15, 0.2) is 0 Å². The predicted octanol–water partition coefficient (Wildman–Crippen LogP) is 4.59. The van der Waals surface area contributed by atoms with E-state index in [-0.39, 0.29) is 11.8 Å². The van der Waals surface area contributed by atoms with Gasteiger partial charge in [0.2, 0.25) is 5.91 Å². The summed E-state index contributed by atoms with van der Waals surface area (Å²) in [6.45, 7) is 11.3. The number of nitrogens with zero attached hydrogens (tertiary/aromatic N) is 3. The van der Waals surface area contributed by atoms with Gasteiger partial charge in [0, 0.05) is 37.6 Å². The van der Waals surface area contributed by atoms with E-state index in [1.807, 2.05) is 54.0 Å². The molecule has 5 rings (SSSR count). The molecule has 2 amide bonds. The molecular weight excluding hydrogens is 488 g/mol. The third-order valence-corrected chi connectivity index (χ3v) is 8.47. The van der Waals surface area contributed by atoms with E-state index in [4.69, 9.17) is 4.74 Å². The highest BCUT2D eigenvalue weighted by Crippen LogP contribution is 2.34. The van der Waals surface area contributed by atoms with Gasteiger partial charge in [-0.2, -0.15) is 0 Å². The van der Waals surface area contributed by atoms with Crippen LogP contribution in [-0.4, -0.2) is 71.6 Å². The lowest BCUT2D eigenvalue weighted by molar-refractivity contribution is -0.132. The zero-order valence-electron chi connectivity index (χ0n) is 23.8. The first-order valence-electron chi connectivity index (χ1n) is 14.3. The first kappa shape index (κ1) is 27.3. The van der Waals surface area contributed by atoms with Gasteiger partial charge >= 0.3 is 0 Å². The lowest BCUT2D eigenvalue weighted by Crippen LogP contribution is -2.64. The van der Waals surface area contributed by atoms with E-state index in [0.717, 1.165) is 60.1 Å². The Balaban J connectivity index is 1.35. The molecule has 7 nitrogen and oxygen atoms in total. The monoisotopic (exact) mass is 530 g/mol. The van der Waals surface area contributed by atoms with Crippen molar-refractivity contribution in [3.63, 3.8) is 0 Å². The van der Waals surface area contributed by atoms with E-state index in [1.54, 1.807) is 12.0 Å². The Hall–Kier alpha value is -3.32. The summed E-state index contributed by atoms with van der Waals surface area (Å²) < 4.78 is 7.45. The minimum absolute atomic E-state index is 0.0975. The van der Waals surface area contributed by atoms with Crippen LogP contribution in [0.15, 0.2) is 54.6 Å². The predicted molar refractivity (Wildman–Crippen MR) is 155 cm³/mol. The summed E-state index contributed by atoms with van der Waals surface area (Å²) in [5.74, 6) is 1.96. The Labute approximate surface area is 232 Å². The van der Waals surface area contributed by atoms with Crippen LogP contribution in [0, 0.1) is 11.8 Å². The van der Waals surface area contributed by atoms with Crippen LogP contribution in [0.2, 0.25) is 0 Å². The maximum atomic E-state index is 14.0. The highest BCUT2D eigenvalue weighted by atomic mass is 16.5. The number of carbonyl (C=O) groups excluding carboxylic acids is 2. The molecule has 3 unspecified atom stereocenters. The van der Waals surface area contributed by atoms with E-state index < -0.39 is 5.54 Å². The normalized spacial score (nSPS) is 23.6. The van der Waals surface area contributed by atoms with Gasteiger partial charge in [-0.15, -0.1) is 0 Å². The Morgan fingerprint density at radius 2 is 1.79 bits per heavy atom. The van der Waals surface area contributed by atoms with Gasteiger partial charge in [0.05, 0.1) is 19.2 Å². The molecule has 2 aliphatic rings. The average Bonchev–Trinajstić information content (AvgIpc) is 3.28. The molecule has 2 aromatic carbocycles. The SMILES string of the molecule is COc1ccc2cc3n(c2c1)CC(C)(C(=O)NCCCN1CC(C)CC(C)C1)N(CCc1ccccc1)C3=O. The number of rotatable bonds is 9. The summed E-state index contributed by atoms with van der Waals surface area (Å²) in [6, 6.07) is 17.9. The van der Waals surface area contributed by atoms with Crippen molar-refractivity contribution in [1.82, 2.24) is 19.7 Å². The molecule has 3 heterocycles. The van der Waals surface area contributed by atoms with Crippen LogP contribution < -0.4 is 10.1 Å². The largest absolute Gasteiger partial charge is 0.497 e. The Kier molecular flexibility index (Phi) is 7.98. The van der Waals surface area contributed by atoms with Crippen molar-refractivity contribution in [3.8, 4) is 5.75 Å². The van der Waals surface area contributed by atoms with Gasteiger partial charge < -0.3 is 24.4 Å². The number of likely N-dealkylation sites (tertiary alicyclic amines) is 1. The molecule has 208 valence electrons. The van der Waals surface area contributed by atoms with Gasteiger partial charge in [-0.1, -0.05) is 44.2 Å². The van der Waals surface area contributed by atoms with Crippen molar-refractivity contribution < 1.29 is 14.3 Å². The number of benzene rings is 2. The molecule has 0 saturated carbocycles. The second-order valence-corrected chi connectivity index (χ2v) is 11.8. The first-order chi connectivity index (χ1) is 18.8. The number of ether oxygens (including phenoxy) is 1. The molecule has 1 saturated heterocycles. The van der Waals surface area contributed by atoms with E-state index in [1.165, 1.54) is 6.42 Å². The summed E-state index contributed by atoms with van der Waals surface area (Å²) in [6.07, 6.45) is 2.88. The van der Waals surface area contributed by atoms with Crippen LogP contribution in [0.3, 0.4) is 0 Å². The molecule has 1 fully saturated rings. The quantitative estimate of drug-likeness (QED) is 0.411. The van der Waals surface area contributed by atoms with Crippen molar-refractivity contribution in [2.75, 3.05) is 39.8 Å². The standard InChI is InChI=1S/C32H42N4O3/c1-23-17-24(2)21-34(20-23)15-8-14-33-31(38)32(3)22-35-28-19-27(39-4)12-11-26(28)18-29(35)30(37)36(32)16-13-25-9-6-5-7-10-25/h5-7,9-12,18-19,23-24H,8,13-17,20-22H2,1-4H3,(H,33,38). The van der Waals surface area contributed by atoms with Crippen LogP contribution in [-0.2, 0) is 17.8 Å². The van der Waals surface area contributed by atoms with E-state index >= 15 is 0 Å². The van der Waals surface area contributed by atoms with Gasteiger partial charge in [0.1, 0.15) is 17.0 Å². The van der Waals surface area contributed by atoms with Crippen molar-refractivity contribution in [2.45, 2.75) is 52.1 Å². The molecule has 39 heavy (non-hydrogen) atoms. The topological polar surface area (TPSA) is 66.8 Å². The van der Waals surface area contributed by atoms with E-state index in [0.29, 0.717) is 31.7 Å². The zero-order valence-corrected chi connectivity index (χ0v) is 23.8. The highest BCUT2D eigenvalue weighted by Gasteiger charge is 2.47. The fraction of sp³-hybridized carbons (Fsp3) is 0.500. The van der Waals surface area contributed by atoms with E-state index in [2.05, 4.69) is 36.2 Å². The van der Waals surface area contributed by atoms with Crippen molar-refractivity contribution >= 4 is 22.7 Å². The molecule has 0 radical (unpaired) electrons. The second-order valence-electron chi connectivity index (χ2n) is 11.8. The van der Waals surface area contributed by atoms with E-state index in [9.17, 15) is 9.59 Å². The number of hydrogen-bond acceptors (Lipinski definition) is 4. The second kappa shape index (κ2) is 11.4. The number of piperidine rings is 1. The lowest BCUT2D eigenvalue weighted by Gasteiger charge is -2.44. The molecule has 1 N–H and O–H groups in total. The summed E-state index contributed by atoms with van der Waals surface area (Å²) in [5.41, 5.74) is 1.66. The van der Waals surface area contributed by atoms with Crippen molar-refractivity contribution in [1.29, 1.82) is 0 Å².